The van der Waals surface area contributed by atoms with E-state index in [1.807, 2.05) is 50.2 Å². The van der Waals surface area contributed by atoms with E-state index in [1.165, 1.54) is 0 Å². The second-order valence-corrected chi connectivity index (χ2v) is 8.76. The van der Waals surface area contributed by atoms with Crippen LogP contribution in [0.15, 0.2) is 42.6 Å². The molecule has 33 heavy (non-hydrogen) atoms. The molecule has 0 radical (unpaired) electrons. The van der Waals surface area contributed by atoms with Gasteiger partial charge >= 0.3 is 0 Å². The predicted octanol–water partition coefficient (Wildman–Crippen LogP) is 4.30. The zero-order valence-electron chi connectivity index (χ0n) is 19.1. The maximum atomic E-state index is 13.0. The van der Waals surface area contributed by atoms with E-state index in [1.54, 1.807) is 6.20 Å². The van der Waals surface area contributed by atoms with Crippen molar-refractivity contribution in [1.29, 1.82) is 0 Å². The predicted molar refractivity (Wildman–Crippen MR) is 129 cm³/mol. The minimum absolute atomic E-state index is 0.168. The number of aryl methyl sites for hydroxylation is 2. The van der Waals surface area contributed by atoms with E-state index in [-0.39, 0.29) is 12.0 Å². The zero-order valence-corrected chi connectivity index (χ0v) is 19.1. The zero-order chi connectivity index (χ0) is 22.9. The van der Waals surface area contributed by atoms with Crippen LogP contribution in [0.3, 0.4) is 0 Å². The molecule has 0 atom stereocenters. The summed E-state index contributed by atoms with van der Waals surface area (Å²) in [4.78, 5) is 23.3. The number of likely N-dealkylation sites (tertiary alicyclic amines) is 1. The molecule has 5 rings (SSSR count). The smallest absolute Gasteiger partial charge is 0.256 e. The molecule has 0 spiro atoms. The van der Waals surface area contributed by atoms with Gasteiger partial charge < -0.3 is 19.9 Å². The monoisotopic (exact) mass is 444 g/mol. The molecule has 3 heterocycles. The van der Waals surface area contributed by atoms with Gasteiger partial charge in [-0.2, -0.15) is 5.10 Å². The van der Waals surface area contributed by atoms with Crippen molar-refractivity contribution in [3.63, 3.8) is 0 Å². The molecule has 1 amide bonds. The molecule has 1 saturated heterocycles. The van der Waals surface area contributed by atoms with E-state index in [0.717, 1.165) is 53.8 Å². The first kappa shape index (κ1) is 21.2. The molecule has 2 aromatic carbocycles. The van der Waals surface area contributed by atoms with Crippen LogP contribution in [-0.2, 0) is 0 Å². The normalized spacial score (nSPS) is 15.1. The van der Waals surface area contributed by atoms with Crippen molar-refractivity contribution in [3.05, 3.63) is 59.3 Å². The average Bonchev–Trinajstić information content (AvgIpc) is 3.41. The van der Waals surface area contributed by atoms with Gasteiger partial charge in [-0.15, -0.1) is 0 Å². The molecule has 0 bridgehead atoms. The number of carbonyl (C=O) groups is 1. The van der Waals surface area contributed by atoms with Gasteiger partial charge in [-0.1, -0.05) is 18.2 Å². The van der Waals surface area contributed by atoms with Gasteiger partial charge in [0.05, 0.1) is 22.9 Å². The maximum Gasteiger partial charge on any atom is 0.256 e. The van der Waals surface area contributed by atoms with Gasteiger partial charge in [0.1, 0.15) is 17.5 Å². The highest BCUT2D eigenvalue weighted by atomic mass is 16.5. The topological polar surface area (TPSA) is 98.9 Å². The van der Waals surface area contributed by atoms with Gasteiger partial charge in [0.25, 0.3) is 5.91 Å². The summed E-state index contributed by atoms with van der Waals surface area (Å²) >= 11 is 0. The van der Waals surface area contributed by atoms with E-state index >= 15 is 0 Å². The number of ether oxygens (including phenoxy) is 1. The van der Waals surface area contributed by atoms with Crippen molar-refractivity contribution in [2.75, 3.05) is 25.5 Å². The number of rotatable bonds is 5. The van der Waals surface area contributed by atoms with Gasteiger partial charge in [0.15, 0.2) is 5.82 Å². The molecule has 0 saturated carbocycles. The highest BCUT2D eigenvalue weighted by Gasteiger charge is 2.20. The van der Waals surface area contributed by atoms with Gasteiger partial charge in [-0.25, -0.2) is 4.98 Å². The number of benzene rings is 2. The Morgan fingerprint density at radius 3 is 2.67 bits per heavy atom. The van der Waals surface area contributed by atoms with E-state index in [4.69, 9.17) is 4.74 Å². The van der Waals surface area contributed by atoms with Crippen LogP contribution < -0.4 is 10.1 Å². The van der Waals surface area contributed by atoms with E-state index < -0.39 is 0 Å². The Bertz CT molecular complexity index is 1280. The quantitative estimate of drug-likeness (QED) is 0.426. The molecule has 2 aromatic heterocycles. The van der Waals surface area contributed by atoms with E-state index in [2.05, 4.69) is 37.4 Å². The molecular weight excluding hydrogens is 416 g/mol. The maximum absolute atomic E-state index is 13.0. The molecule has 0 unspecified atom stereocenters. The highest BCUT2D eigenvalue weighted by Crippen LogP contribution is 2.29. The average molecular weight is 445 g/mol. The number of anilines is 1. The molecule has 1 aliphatic heterocycles. The van der Waals surface area contributed by atoms with Crippen molar-refractivity contribution in [3.8, 4) is 17.3 Å². The Balaban J connectivity index is 1.37. The van der Waals surface area contributed by atoms with Crippen LogP contribution in [0.5, 0.6) is 5.75 Å². The summed E-state index contributed by atoms with van der Waals surface area (Å²) < 4.78 is 6.21. The van der Waals surface area contributed by atoms with Crippen LogP contribution in [-0.4, -0.2) is 57.2 Å². The Morgan fingerprint density at radius 1 is 1.15 bits per heavy atom. The molecule has 3 N–H and O–H groups in total. The number of H-pyrrole nitrogens is 2. The van der Waals surface area contributed by atoms with Crippen LogP contribution >= 0.6 is 0 Å². The number of nitrogens with one attached hydrogen (secondary N) is 3. The van der Waals surface area contributed by atoms with Crippen LogP contribution in [0.1, 0.15) is 34.3 Å². The second-order valence-electron chi connectivity index (χ2n) is 8.76. The summed E-state index contributed by atoms with van der Waals surface area (Å²) in [5, 5.41) is 10.1. The third kappa shape index (κ3) is 4.34. The third-order valence-corrected chi connectivity index (χ3v) is 6.25. The van der Waals surface area contributed by atoms with E-state index in [9.17, 15) is 4.79 Å². The van der Waals surface area contributed by atoms with Gasteiger partial charge in [0, 0.05) is 24.7 Å². The summed E-state index contributed by atoms with van der Waals surface area (Å²) in [5.41, 5.74) is 5.43. The Hall–Kier alpha value is -3.65. The summed E-state index contributed by atoms with van der Waals surface area (Å²) in [6, 6.07) is 11.7. The molecule has 0 aliphatic carbocycles. The minimum Gasteiger partial charge on any atom is -0.490 e. The lowest BCUT2D eigenvalue weighted by Crippen LogP contribution is -2.35. The van der Waals surface area contributed by atoms with Crippen LogP contribution in [0, 0.1) is 13.8 Å². The van der Waals surface area contributed by atoms with Crippen LogP contribution in [0.4, 0.5) is 5.69 Å². The van der Waals surface area contributed by atoms with Crippen molar-refractivity contribution in [1.82, 2.24) is 25.1 Å². The van der Waals surface area contributed by atoms with Crippen LogP contribution in [0.25, 0.3) is 22.6 Å². The Labute approximate surface area is 192 Å². The lowest BCUT2D eigenvalue weighted by molar-refractivity contribution is 0.102. The number of nitrogens with zero attached hydrogens (tertiary/aromatic N) is 3. The number of piperidine rings is 1. The standard InChI is InChI=1S/C25H28N6O2/c1-15-5-4-6-16(2)22(15)25(32)29-21-14-26-30-23(21)24-27-19-8-7-18(13-20(19)28-24)33-17-9-11-31(3)12-10-17/h4-8,13-14,17H,9-12H2,1-3H3,(H,26,30)(H,27,28)(H,29,32). The van der Waals surface area contributed by atoms with Crippen molar-refractivity contribution < 1.29 is 9.53 Å². The number of hydrogen-bond donors (Lipinski definition) is 3. The number of amides is 1. The van der Waals surface area contributed by atoms with E-state index in [0.29, 0.717) is 22.8 Å². The lowest BCUT2D eigenvalue weighted by atomic mass is 10.0. The highest BCUT2D eigenvalue weighted by molar-refractivity contribution is 6.07. The number of hydrogen-bond acceptors (Lipinski definition) is 5. The first-order valence-electron chi connectivity index (χ1n) is 11.2. The number of imidazole rings is 1. The fourth-order valence-corrected chi connectivity index (χ4v) is 4.39. The summed E-state index contributed by atoms with van der Waals surface area (Å²) in [6.07, 6.45) is 3.89. The Kier molecular flexibility index (Phi) is 5.60. The number of aromatic nitrogens is 4. The summed E-state index contributed by atoms with van der Waals surface area (Å²) in [7, 11) is 2.14. The van der Waals surface area contributed by atoms with Crippen molar-refractivity contribution in [2.45, 2.75) is 32.8 Å². The first-order chi connectivity index (χ1) is 16.0. The molecule has 8 heteroatoms. The molecule has 4 aromatic rings. The fraction of sp³-hybridized carbons (Fsp3) is 0.320. The SMILES string of the molecule is Cc1cccc(C)c1C(=O)Nc1cn[nH]c1-c1nc2ccc(OC3CCN(C)CC3)cc2[nH]1. The number of fused-ring (bicyclic) bond motifs is 1. The summed E-state index contributed by atoms with van der Waals surface area (Å²) in [5.74, 6) is 1.27. The van der Waals surface area contributed by atoms with Crippen molar-refractivity contribution in [2.24, 2.45) is 0 Å². The molecule has 1 aliphatic rings. The van der Waals surface area contributed by atoms with Gasteiger partial charge in [0.2, 0.25) is 0 Å². The lowest BCUT2D eigenvalue weighted by Gasteiger charge is -2.29. The minimum atomic E-state index is -0.168. The molecular formula is C25H28N6O2. The number of aromatic amines is 2. The fourth-order valence-electron chi connectivity index (χ4n) is 4.39. The van der Waals surface area contributed by atoms with Crippen molar-refractivity contribution >= 4 is 22.6 Å². The van der Waals surface area contributed by atoms with Crippen LogP contribution in [0.2, 0.25) is 0 Å². The molecule has 1 fully saturated rings. The van der Waals surface area contributed by atoms with Gasteiger partial charge in [-0.05, 0) is 57.0 Å². The first-order valence-corrected chi connectivity index (χ1v) is 11.2. The summed E-state index contributed by atoms with van der Waals surface area (Å²) in [6.45, 7) is 5.97. The molecule has 8 nitrogen and oxygen atoms in total. The Morgan fingerprint density at radius 2 is 1.91 bits per heavy atom. The largest absolute Gasteiger partial charge is 0.490 e. The number of carbonyl (C=O) groups excluding carboxylic acids is 1. The third-order valence-electron chi connectivity index (χ3n) is 6.25. The van der Waals surface area contributed by atoms with Gasteiger partial charge in [-0.3, -0.25) is 9.89 Å². The molecule has 170 valence electrons. The second kappa shape index (κ2) is 8.71.